The van der Waals surface area contributed by atoms with Crippen LogP contribution in [0.25, 0.3) is 0 Å². The molecule has 1 atom stereocenters. The molecule has 0 fully saturated rings. The Kier molecular flexibility index (Phi) is 3.49. The summed E-state index contributed by atoms with van der Waals surface area (Å²) >= 11 is 0. The van der Waals surface area contributed by atoms with Crippen molar-refractivity contribution in [1.29, 1.82) is 0 Å². The Morgan fingerprint density at radius 2 is 1.54 bits per heavy atom. The van der Waals surface area contributed by atoms with E-state index in [0.717, 1.165) is 6.42 Å². The van der Waals surface area contributed by atoms with Gasteiger partial charge in [0.1, 0.15) is 6.04 Å². The van der Waals surface area contributed by atoms with Crippen molar-refractivity contribution in [2.75, 3.05) is 0 Å². The summed E-state index contributed by atoms with van der Waals surface area (Å²) in [4.78, 5) is 0. The molecule has 0 heterocycles. The number of hydrogen-bond acceptors (Lipinski definition) is 0. The van der Waals surface area contributed by atoms with Gasteiger partial charge in [0.2, 0.25) is 0 Å². The van der Waals surface area contributed by atoms with Gasteiger partial charge in [-0.25, -0.2) is 0 Å². The van der Waals surface area contributed by atoms with Gasteiger partial charge in [0.05, 0.1) is 0 Å². The zero-order chi connectivity index (χ0) is 9.84. The van der Waals surface area contributed by atoms with Crippen molar-refractivity contribution < 1.29 is 5.73 Å². The van der Waals surface area contributed by atoms with Crippen LogP contribution in [0.15, 0.2) is 24.3 Å². The van der Waals surface area contributed by atoms with Crippen LogP contribution in [0.2, 0.25) is 0 Å². The lowest BCUT2D eigenvalue weighted by Crippen LogP contribution is -2.53. The van der Waals surface area contributed by atoms with E-state index in [1.807, 2.05) is 0 Å². The molecule has 0 amide bonds. The molecular weight excluding hydrogens is 158 g/mol. The van der Waals surface area contributed by atoms with Gasteiger partial charge in [0, 0.05) is 12.0 Å². The third-order valence-corrected chi connectivity index (χ3v) is 2.57. The molecule has 0 aromatic heterocycles. The smallest absolute Gasteiger partial charge is 0.110 e. The Bertz CT molecular complexity index is 248. The molecular formula is C12H20N+. The third-order valence-electron chi connectivity index (χ3n) is 2.57. The van der Waals surface area contributed by atoms with Gasteiger partial charge in [-0.3, -0.25) is 0 Å². The first-order valence-corrected chi connectivity index (χ1v) is 5.08. The first-order valence-electron chi connectivity index (χ1n) is 5.08. The van der Waals surface area contributed by atoms with Crippen molar-refractivity contribution in [3.8, 4) is 0 Å². The highest BCUT2D eigenvalue weighted by Crippen LogP contribution is 2.17. The van der Waals surface area contributed by atoms with Gasteiger partial charge in [-0.1, -0.05) is 45.0 Å². The summed E-state index contributed by atoms with van der Waals surface area (Å²) in [7, 11) is 0. The first-order chi connectivity index (χ1) is 6.15. The molecule has 0 unspecified atom stereocenters. The van der Waals surface area contributed by atoms with Crippen molar-refractivity contribution in [2.24, 2.45) is 0 Å². The maximum absolute atomic E-state index is 4.10. The van der Waals surface area contributed by atoms with Gasteiger partial charge in [-0.05, 0) is 11.5 Å². The zero-order valence-corrected chi connectivity index (χ0v) is 8.88. The molecule has 1 rings (SSSR count). The molecule has 3 N–H and O–H groups in total. The number of rotatable bonds is 3. The minimum Gasteiger partial charge on any atom is -0.351 e. The van der Waals surface area contributed by atoms with E-state index in [2.05, 4.69) is 50.8 Å². The second kappa shape index (κ2) is 4.43. The maximum Gasteiger partial charge on any atom is 0.110 e. The van der Waals surface area contributed by atoms with Crippen molar-refractivity contribution in [1.82, 2.24) is 0 Å². The Balaban J connectivity index is 2.81. The lowest BCUT2D eigenvalue weighted by molar-refractivity contribution is -0.427. The summed E-state index contributed by atoms with van der Waals surface area (Å²) in [6.07, 6.45) is 1.11. The molecule has 0 spiro atoms. The zero-order valence-electron chi connectivity index (χ0n) is 8.88. The van der Waals surface area contributed by atoms with Gasteiger partial charge < -0.3 is 5.73 Å². The van der Waals surface area contributed by atoms with Crippen LogP contribution in [0.4, 0.5) is 0 Å². The second-order valence-corrected chi connectivity index (χ2v) is 3.93. The molecule has 1 heteroatoms. The topological polar surface area (TPSA) is 27.6 Å². The minimum absolute atomic E-state index is 0.446. The van der Waals surface area contributed by atoms with E-state index < -0.39 is 0 Å². The molecule has 0 aliphatic heterocycles. The lowest BCUT2D eigenvalue weighted by atomic mass is 9.98. The number of quaternary nitrogens is 1. The molecule has 72 valence electrons. The Hall–Kier alpha value is -0.820. The van der Waals surface area contributed by atoms with E-state index in [1.54, 1.807) is 0 Å². The molecule has 0 saturated heterocycles. The molecule has 0 bridgehead atoms. The average Bonchev–Trinajstić information content (AvgIpc) is 2.17. The quantitative estimate of drug-likeness (QED) is 0.736. The monoisotopic (exact) mass is 178 g/mol. The summed E-state index contributed by atoms with van der Waals surface area (Å²) in [6.45, 7) is 6.61. The molecule has 13 heavy (non-hydrogen) atoms. The Morgan fingerprint density at radius 3 is 1.92 bits per heavy atom. The molecule has 0 radical (unpaired) electrons. The highest BCUT2D eigenvalue weighted by atomic mass is 14.6. The van der Waals surface area contributed by atoms with Gasteiger partial charge >= 0.3 is 0 Å². The first kappa shape index (κ1) is 10.3. The molecule has 0 aliphatic rings. The van der Waals surface area contributed by atoms with Crippen LogP contribution in [0, 0.1) is 0 Å². The fourth-order valence-electron chi connectivity index (χ4n) is 1.39. The summed E-state index contributed by atoms with van der Waals surface area (Å²) < 4.78 is 0. The van der Waals surface area contributed by atoms with Gasteiger partial charge in [0.25, 0.3) is 0 Å². The van der Waals surface area contributed by atoms with Gasteiger partial charge in [-0.2, -0.15) is 0 Å². The van der Waals surface area contributed by atoms with Gasteiger partial charge in [0.15, 0.2) is 0 Å². The minimum atomic E-state index is 0.446. The van der Waals surface area contributed by atoms with Crippen molar-refractivity contribution >= 4 is 0 Å². The SMILES string of the molecule is CC[C@H]([NH3+])c1ccc(C(C)C)cc1. The van der Waals surface area contributed by atoms with Gasteiger partial charge in [-0.15, -0.1) is 0 Å². The molecule has 1 aromatic carbocycles. The normalized spacial score (nSPS) is 13.3. The standard InChI is InChI=1S/C12H19N/c1-4-12(13)11-7-5-10(6-8-11)9(2)3/h5-9,12H,4,13H2,1-3H3/p+1/t12-/m0/s1. The predicted octanol–water partition coefficient (Wildman–Crippen LogP) is 2.50. The maximum atomic E-state index is 4.10. The molecule has 0 saturated carbocycles. The van der Waals surface area contributed by atoms with Crippen LogP contribution in [0.3, 0.4) is 0 Å². The summed E-state index contributed by atoms with van der Waals surface area (Å²) in [5.41, 5.74) is 6.86. The molecule has 1 aromatic rings. The largest absolute Gasteiger partial charge is 0.351 e. The highest BCUT2D eigenvalue weighted by molar-refractivity contribution is 5.25. The summed E-state index contributed by atoms with van der Waals surface area (Å²) in [5.74, 6) is 0.624. The van der Waals surface area contributed by atoms with E-state index >= 15 is 0 Å². The van der Waals surface area contributed by atoms with Crippen LogP contribution >= 0.6 is 0 Å². The molecule has 1 nitrogen and oxygen atoms in total. The Morgan fingerprint density at radius 1 is 1.08 bits per heavy atom. The summed E-state index contributed by atoms with van der Waals surface area (Å²) in [5, 5.41) is 0. The van der Waals surface area contributed by atoms with Crippen LogP contribution < -0.4 is 5.73 Å². The van der Waals surface area contributed by atoms with Crippen molar-refractivity contribution in [3.05, 3.63) is 35.4 Å². The number of hydrogen-bond donors (Lipinski definition) is 1. The van der Waals surface area contributed by atoms with Crippen LogP contribution in [0.5, 0.6) is 0 Å². The second-order valence-electron chi connectivity index (χ2n) is 3.93. The summed E-state index contributed by atoms with van der Waals surface area (Å²) in [6, 6.07) is 9.29. The van der Waals surface area contributed by atoms with Crippen molar-refractivity contribution in [3.63, 3.8) is 0 Å². The van der Waals surface area contributed by atoms with E-state index in [4.69, 9.17) is 0 Å². The highest BCUT2D eigenvalue weighted by Gasteiger charge is 2.06. The van der Waals surface area contributed by atoms with E-state index in [-0.39, 0.29) is 0 Å². The Labute approximate surface area is 81.0 Å². The third kappa shape index (κ3) is 2.56. The van der Waals surface area contributed by atoms with E-state index in [1.165, 1.54) is 11.1 Å². The fourth-order valence-corrected chi connectivity index (χ4v) is 1.39. The van der Waals surface area contributed by atoms with Crippen molar-refractivity contribution in [2.45, 2.75) is 39.2 Å². The fraction of sp³-hybridized carbons (Fsp3) is 0.500. The van der Waals surface area contributed by atoms with Crippen LogP contribution in [0.1, 0.15) is 50.3 Å². The molecule has 0 aliphatic carbocycles. The van der Waals surface area contributed by atoms with Crippen LogP contribution in [-0.4, -0.2) is 0 Å². The predicted molar refractivity (Wildman–Crippen MR) is 56.5 cm³/mol. The number of benzene rings is 1. The van der Waals surface area contributed by atoms with E-state index in [0.29, 0.717) is 12.0 Å². The lowest BCUT2D eigenvalue weighted by Gasteiger charge is -2.08. The average molecular weight is 178 g/mol. The van der Waals surface area contributed by atoms with E-state index in [9.17, 15) is 0 Å². The van der Waals surface area contributed by atoms with Crippen LogP contribution in [-0.2, 0) is 0 Å².